The lowest BCUT2D eigenvalue weighted by Crippen LogP contribution is -2.14. The van der Waals surface area contributed by atoms with Gasteiger partial charge < -0.3 is 0 Å². The van der Waals surface area contributed by atoms with Crippen LogP contribution in [0.1, 0.15) is 25.0 Å². The van der Waals surface area contributed by atoms with Crippen LogP contribution in [0.4, 0.5) is 0 Å². The third-order valence-corrected chi connectivity index (χ3v) is 12.8. The lowest BCUT2D eigenvalue weighted by Gasteiger charge is -2.23. The molecule has 0 atom stereocenters. The van der Waals surface area contributed by atoms with Gasteiger partial charge in [-0.05, 0) is 126 Å². The molecule has 0 heterocycles. The Bertz CT molecular complexity index is 3370. The molecule has 0 aliphatic heterocycles. The highest BCUT2D eigenvalue weighted by Gasteiger charge is 2.37. The fourth-order valence-electron chi connectivity index (χ4n) is 10.3. The Morgan fingerprint density at radius 2 is 0.818 bits per heavy atom. The normalized spacial score (nSPS) is 13.4. The fourth-order valence-corrected chi connectivity index (χ4v) is 10.3. The minimum absolute atomic E-state index is 0.0939. The quantitative estimate of drug-likeness (QED) is 0.127. The first-order valence-corrected chi connectivity index (χ1v) is 19.4. The maximum Gasteiger partial charge on any atom is 0.0159 e. The van der Waals surface area contributed by atoms with Crippen molar-refractivity contribution in [1.29, 1.82) is 0 Å². The van der Waals surface area contributed by atoms with Gasteiger partial charge in [0, 0.05) is 5.41 Å². The molecule has 0 spiro atoms. The predicted molar refractivity (Wildman–Crippen MR) is 237 cm³/mol. The molecular formula is C55H36. The summed E-state index contributed by atoms with van der Waals surface area (Å²) in [6, 6.07) is 68.6. The summed E-state index contributed by atoms with van der Waals surface area (Å²) in [5, 5.41) is 15.5. The number of fused-ring (bicyclic) bond motifs is 6. The van der Waals surface area contributed by atoms with E-state index < -0.39 is 0 Å². The zero-order valence-corrected chi connectivity index (χ0v) is 30.8. The Morgan fingerprint density at radius 3 is 1.65 bits per heavy atom. The van der Waals surface area contributed by atoms with Gasteiger partial charge in [-0.1, -0.05) is 190 Å². The first-order chi connectivity index (χ1) is 27.1. The Hall–Kier alpha value is -6.76. The maximum atomic E-state index is 2.49. The molecule has 0 saturated heterocycles. The topological polar surface area (TPSA) is 0 Å². The molecule has 0 amide bonds. The predicted octanol–water partition coefficient (Wildman–Crippen LogP) is 15.4. The smallest absolute Gasteiger partial charge is 0.0159 e. The average Bonchev–Trinajstić information content (AvgIpc) is 3.47. The number of benzene rings is 11. The van der Waals surface area contributed by atoms with Gasteiger partial charge in [-0.3, -0.25) is 0 Å². The molecule has 0 N–H and O–H groups in total. The van der Waals surface area contributed by atoms with Crippen LogP contribution in [0.3, 0.4) is 0 Å². The molecule has 0 saturated carbocycles. The van der Waals surface area contributed by atoms with Crippen LogP contribution in [0.2, 0.25) is 0 Å². The molecule has 0 bridgehead atoms. The molecule has 256 valence electrons. The van der Waals surface area contributed by atoms with Crippen molar-refractivity contribution in [2.45, 2.75) is 19.3 Å². The van der Waals surface area contributed by atoms with Crippen LogP contribution < -0.4 is 0 Å². The van der Waals surface area contributed by atoms with Gasteiger partial charge in [0.1, 0.15) is 0 Å². The van der Waals surface area contributed by atoms with E-state index in [1.807, 2.05) is 0 Å². The van der Waals surface area contributed by atoms with Crippen LogP contribution in [0.5, 0.6) is 0 Å². The Morgan fingerprint density at radius 1 is 0.291 bits per heavy atom. The highest BCUT2D eigenvalue weighted by Crippen LogP contribution is 2.55. The van der Waals surface area contributed by atoms with Crippen molar-refractivity contribution >= 4 is 64.6 Å². The van der Waals surface area contributed by atoms with Crippen molar-refractivity contribution in [3.8, 4) is 44.5 Å². The second-order valence-corrected chi connectivity index (χ2v) is 16.0. The van der Waals surface area contributed by atoms with Crippen LogP contribution in [0.25, 0.3) is 109 Å². The van der Waals surface area contributed by atoms with Crippen molar-refractivity contribution in [3.63, 3.8) is 0 Å². The molecule has 55 heavy (non-hydrogen) atoms. The van der Waals surface area contributed by atoms with Crippen molar-refractivity contribution in [2.24, 2.45) is 0 Å². The first kappa shape index (κ1) is 30.7. The van der Waals surface area contributed by atoms with E-state index in [2.05, 4.69) is 196 Å². The highest BCUT2D eigenvalue weighted by molar-refractivity contribution is 6.30. The van der Waals surface area contributed by atoms with Crippen LogP contribution in [0.15, 0.2) is 182 Å². The van der Waals surface area contributed by atoms with Crippen LogP contribution in [0, 0.1) is 0 Å². The van der Waals surface area contributed by atoms with E-state index in [4.69, 9.17) is 0 Å². The second-order valence-electron chi connectivity index (χ2n) is 16.0. The summed E-state index contributed by atoms with van der Waals surface area (Å²) in [6.45, 7) is 4.76. The number of hydrogen-bond donors (Lipinski definition) is 0. The zero-order chi connectivity index (χ0) is 36.4. The van der Waals surface area contributed by atoms with E-state index in [9.17, 15) is 0 Å². The van der Waals surface area contributed by atoms with Crippen LogP contribution in [-0.2, 0) is 5.41 Å². The molecule has 0 unspecified atom stereocenters. The third-order valence-electron chi connectivity index (χ3n) is 12.8. The molecule has 11 aromatic rings. The Kier molecular flexibility index (Phi) is 6.21. The Labute approximate surface area is 320 Å². The average molecular weight is 697 g/mol. The molecule has 12 rings (SSSR count). The molecule has 0 aromatic heterocycles. The van der Waals surface area contributed by atoms with Crippen molar-refractivity contribution in [1.82, 2.24) is 0 Å². The molecular weight excluding hydrogens is 661 g/mol. The highest BCUT2D eigenvalue weighted by atomic mass is 14.4. The largest absolute Gasteiger partial charge is 0.0619 e. The molecule has 0 heteroatoms. The van der Waals surface area contributed by atoms with E-state index in [0.29, 0.717) is 0 Å². The minimum Gasteiger partial charge on any atom is -0.0619 e. The van der Waals surface area contributed by atoms with Gasteiger partial charge in [0.15, 0.2) is 0 Å². The second kappa shape index (κ2) is 11.1. The summed E-state index contributed by atoms with van der Waals surface area (Å²) in [5.74, 6) is 0. The van der Waals surface area contributed by atoms with Gasteiger partial charge in [-0.2, -0.15) is 0 Å². The third kappa shape index (κ3) is 4.17. The van der Waals surface area contributed by atoms with Gasteiger partial charge in [0.2, 0.25) is 0 Å². The van der Waals surface area contributed by atoms with Crippen LogP contribution >= 0.6 is 0 Å². The molecule has 1 aliphatic carbocycles. The lowest BCUT2D eigenvalue weighted by molar-refractivity contribution is 0.660. The van der Waals surface area contributed by atoms with Crippen molar-refractivity contribution in [2.75, 3.05) is 0 Å². The maximum absolute atomic E-state index is 2.49. The summed E-state index contributed by atoms with van der Waals surface area (Å²) in [5.41, 5.74) is 13.1. The van der Waals surface area contributed by atoms with Crippen LogP contribution in [-0.4, -0.2) is 0 Å². The van der Waals surface area contributed by atoms with E-state index in [-0.39, 0.29) is 5.41 Å². The molecule has 0 radical (unpaired) electrons. The van der Waals surface area contributed by atoms with Gasteiger partial charge in [0.05, 0.1) is 0 Å². The molecule has 0 fully saturated rings. The van der Waals surface area contributed by atoms with Gasteiger partial charge in [-0.25, -0.2) is 0 Å². The number of hydrogen-bond acceptors (Lipinski definition) is 0. The van der Waals surface area contributed by atoms with Gasteiger partial charge >= 0.3 is 0 Å². The lowest BCUT2D eigenvalue weighted by atomic mass is 9.80. The fraction of sp³-hybridized carbons (Fsp3) is 0.0545. The molecule has 0 nitrogen and oxygen atoms in total. The Balaban J connectivity index is 1.26. The molecule has 1 aliphatic rings. The van der Waals surface area contributed by atoms with Gasteiger partial charge in [-0.15, -0.1) is 0 Å². The summed E-state index contributed by atoms with van der Waals surface area (Å²) in [7, 11) is 0. The zero-order valence-electron chi connectivity index (χ0n) is 30.8. The van der Waals surface area contributed by atoms with Crippen molar-refractivity contribution < 1.29 is 0 Å². The molecule has 11 aromatic carbocycles. The number of rotatable bonds is 3. The monoisotopic (exact) mass is 696 g/mol. The first-order valence-electron chi connectivity index (χ1n) is 19.4. The van der Waals surface area contributed by atoms with E-state index >= 15 is 0 Å². The summed E-state index contributed by atoms with van der Waals surface area (Å²) in [4.78, 5) is 0. The summed E-state index contributed by atoms with van der Waals surface area (Å²) < 4.78 is 0. The summed E-state index contributed by atoms with van der Waals surface area (Å²) >= 11 is 0. The summed E-state index contributed by atoms with van der Waals surface area (Å²) in [6.07, 6.45) is 0. The minimum atomic E-state index is -0.0939. The standard InChI is InChI=1S/C55H36/c1-55(2)48-22-8-7-19-45(48)54-46(21-11-23-49(54)55)53-41-18-6-5-17-40(41)52(43-30-27-36-25-24-34-14-9-15-35-26-29-42(43)51(36)50(34)35)44-31-28-37(32-47(44)53)39-20-10-13-33-12-3-4-16-38(33)39/h3-32H,1-2H3. The van der Waals surface area contributed by atoms with Gasteiger partial charge in [0.25, 0.3) is 0 Å². The van der Waals surface area contributed by atoms with E-state index in [1.54, 1.807) is 0 Å². The SMILES string of the molecule is CC1(C)c2ccccc2-c2c(-c3c4ccccc4c(-c4ccc5ccc6cccc7ccc4c5c67)c4ccc(-c5cccc6ccccc56)cc34)cccc21. The van der Waals surface area contributed by atoms with Crippen molar-refractivity contribution in [3.05, 3.63) is 193 Å². The van der Waals surface area contributed by atoms with E-state index in [0.717, 1.165) is 0 Å². The van der Waals surface area contributed by atoms with E-state index in [1.165, 1.54) is 120 Å².